The molecular formula is C18H28BrClN2O2. The van der Waals surface area contributed by atoms with Crippen LogP contribution in [0.1, 0.15) is 32.6 Å². The third-order valence-electron chi connectivity index (χ3n) is 4.19. The van der Waals surface area contributed by atoms with Gasteiger partial charge in [0, 0.05) is 29.2 Å². The van der Waals surface area contributed by atoms with Crippen LogP contribution in [0.3, 0.4) is 0 Å². The molecule has 2 rings (SSSR count). The molecule has 1 heterocycles. The van der Waals surface area contributed by atoms with Crippen molar-refractivity contribution in [2.24, 2.45) is 5.92 Å². The highest BCUT2D eigenvalue weighted by atomic mass is 79.9. The molecule has 0 radical (unpaired) electrons. The topological polar surface area (TPSA) is 41.6 Å². The Hall–Kier alpha value is -0.620. The number of unbranched alkanes of at least 4 members (excludes halogenated alkanes) is 1. The predicted molar refractivity (Wildman–Crippen MR) is 105 cm³/mol. The lowest BCUT2D eigenvalue weighted by Gasteiger charge is -2.30. The second-order valence-corrected chi connectivity index (χ2v) is 6.87. The summed E-state index contributed by atoms with van der Waals surface area (Å²) in [5.74, 6) is 0.350. The Morgan fingerprint density at radius 3 is 2.54 bits per heavy atom. The first-order chi connectivity index (χ1) is 11.2. The van der Waals surface area contributed by atoms with Gasteiger partial charge in [0.15, 0.2) is 0 Å². The number of halogens is 2. The van der Waals surface area contributed by atoms with Gasteiger partial charge in [-0.25, -0.2) is 0 Å². The first kappa shape index (κ1) is 21.4. The second kappa shape index (κ2) is 11.9. The number of amides is 1. The number of nitrogens with zero attached hydrogens (tertiary/aromatic N) is 1. The molecule has 0 spiro atoms. The van der Waals surface area contributed by atoms with E-state index in [0.29, 0.717) is 13.2 Å². The number of carbonyl (C=O) groups is 1. The Kier molecular flexibility index (Phi) is 10.6. The van der Waals surface area contributed by atoms with Crippen molar-refractivity contribution in [1.29, 1.82) is 0 Å². The zero-order chi connectivity index (χ0) is 16.5. The number of carbonyl (C=O) groups excluding carboxylic acids is 1. The van der Waals surface area contributed by atoms with Crippen molar-refractivity contribution < 1.29 is 9.53 Å². The van der Waals surface area contributed by atoms with Crippen LogP contribution in [0.5, 0.6) is 0 Å². The standard InChI is InChI=1S/C18H27BrN2O2.ClH/c1-2-3-13-23-14-12-21(17-6-4-16(19)5-7-17)18(22)15-8-10-20-11-9-15;/h4-7,15,20H,2-3,8-14H2,1H3;1H. The van der Waals surface area contributed by atoms with Crippen molar-refractivity contribution in [3.63, 3.8) is 0 Å². The van der Waals surface area contributed by atoms with Gasteiger partial charge < -0.3 is 15.0 Å². The van der Waals surface area contributed by atoms with Gasteiger partial charge in [-0.05, 0) is 56.6 Å². The molecule has 0 atom stereocenters. The highest BCUT2D eigenvalue weighted by molar-refractivity contribution is 9.10. The van der Waals surface area contributed by atoms with E-state index in [0.717, 1.165) is 55.5 Å². The summed E-state index contributed by atoms with van der Waals surface area (Å²) in [4.78, 5) is 14.8. The fourth-order valence-corrected chi connectivity index (χ4v) is 3.05. The van der Waals surface area contributed by atoms with Gasteiger partial charge in [0.05, 0.1) is 6.61 Å². The van der Waals surface area contributed by atoms with E-state index in [4.69, 9.17) is 4.74 Å². The highest BCUT2D eigenvalue weighted by Crippen LogP contribution is 2.23. The lowest BCUT2D eigenvalue weighted by molar-refractivity contribution is -0.123. The molecule has 1 fully saturated rings. The first-order valence-electron chi connectivity index (χ1n) is 8.57. The van der Waals surface area contributed by atoms with Crippen LogP contribution < -0.4 is 10.2 Å². The normalized spacial score (nSPS) is 14.9. The number of piperidine rings is 1. The molecule has 6 heteroatoms. The summed E-state index contributed by atoms with van der Waals surface area (Å²) < 4.78 is 6.69. The molecule has 1 aromatic rings. The van der Waals surface area contributed by atoms with E-state index >= 15 is 0 Å². The Bertz CT molecular complexity index is 478. The Morgan fingerprint density at radius 2 is 1.92 bits per heavy atom. The lowest BCUT2D eigenvalue weighted by Crippen LogP contribution is -2.42. The summed E-state index contributed by atoms with van der Waals surface area (Å²) in [6, 6.07) is 7.95. The van der Waals surface area contributed by atoms with Crippen LogP contribution in [-0.2, 0) is 9.53 Å². The quantitative estimate of drug-likeness (QED) is 0.647. The number of ether oxygens (including phenoxy) is 1. The summed E-state index contributed by atoms with van der Waals surface area (Å²) in [5.41, 5.74) is 0.954. The van der Waals surface area contributed by atoms with Gasteiger partial charge in [-0.3, -0.25) is 4.79 Å². The van der Waals surface area contributed by atoms with Crippen LogP contribution in [0.4, 0.5) is 5.69 Å². The molecule has 136 valence electrons. The van der Waals surface area contributed by atoms with Crippen LogP contribution in [0.2, 0.25) is 0 Å². The van der Waals surface area contributed by atoms with Gasteiger partial charge in [-0.2, -0.15) is 0 Å². The number of hydrogen-bond acceptors (Lipinski definition) is 3. The van der Waals surface area contributed by atoms with E-state index in [-0.39, 0.29) is 24.2 Å². The SMILES string of the molecule is CCCCOCCN(C(=O)C1CCNCC1)c1ccc(Br)cc1.Cl. The van der Waals surface area contributed by atoms with Crippen LogP contribution in [-0.4, -0.2) is 38.8 Å². The molecule has 0 aliphatic carbocycles. The van der Waals surface area contributed by atoms with E-state index in [2.05, 4.69) is 28.2 Å². The van der Waals surface area contributed by atoms with E-state index in [1.165, 1.54) is 0 Å². The third kappa shape index (κ3) is 6.71. The molecule has 1 N–H and O–H groups in total. The molecule has 0 aromatic heterocycles. The summed E-state index contributed by atoms with van der Waals surface area (Å²) >= 11 is 3.45. The van der Waals surface area contributed by atoms with Crippen molar-refractivity contribution in [3.8, 4) is 0 Å². The smallest absolute Gasteiger partial charge is 0.230 e. The fraction of sp³-hybridized carbons (Fsp3) is 0.611. The Labute approximate surface area is 159 Å². The maximum Gasteiger partial charge on any atom is 0.230 e. The number of nitrogens with one attached hydrogen (secondary N) is 1. The lowest BCUT2D eigenvalue weighted by atomic mass is 9.96. The maximum atomic E-state index is 12.9. The van der Waals surface area contributed by atoms with Gasteiger partial charge in [0.25, 0.3) is 0 Å². The molecule has 1 aromatic carbocycles. The minimum absolute atomic E-state index is 0. The minimum Gasteiger partial charge on any atom is -0.380 e. The van der Waals surface area contributed by atoms with E-state index in [1.807, 2.05) is 29.2 Å². The van der Waals surface area contributed by atoms with Crippen LogP contribution in [0.15, 0.2) is 28.7 Å². The van der Waals surface area contributed by atoms with Crippen molar-refractivity contribution in [2.45, 2.75) is 32.6 Å². The van der Waals surface area contributed by atoms with Crippen LogP contribution in [0, 0.1) is 5.92 Å². The molecule has 24 heavy (non-hydrogen) atoms. The van der Waals surface area contributed by atoms with Gasteiger partial charge in [-0.1, -0.05) is 29.3 Å². The summed E-state index contributed by atoms with van der Waals surface area (Å²) in [7, 11) is 0. The average molecular weight is 420 g/mol. The predicted octanol–water partition coefficient (Wildman–Crippen LogP) is 4.02. The third-order valence-corrected chi connectivity index (χ3v) is 4.72. The van der Waals surface area contributed by atoms with Gasteiger partial charge in [0.1, 0.15) is 0 Å². The molecule has 0 saturated carbocycles. The zero-order valence-corrected chi connectivity index (χ0v) is 16.7. The highest BCUT2D eigenvalue weighted by Gasteiger charge is 2.26. The largest absolute Gasteiger partial charge is 0.380 e. The van der Waals surface area contributed by atoms with Crippen molar-refractivity contribution in [1.82, 2.24) is 5.32 Å². The Morgan fingerprint density at radius 1 is 1.25 bits per heavy atom. The number of hydrogen-bond donors (Lipinski definition) is 1. The molecule has 4 nitrogen and oxygen atoms in total. The van der Waals surface area contributed by atoms with Crippen LogP contribution >= 0.6 is 28.3 Å². The molecule has 0 unspecified atom stereocenters. The first-order valence-corrected chi connectivity index (χ1v) is 9.37. The van der Waals surface area contributed by atoms with E-state index in [1.54, 1.807) is 0 Å². The molecular weight excluding hydrogens is 392 g/mol. The molecule has 0 bridgehead atoms. The number of rotatable bonds is 8. The molecule has 1 aliphatic heterocycles. The molecule has 1 amide bonds. The van der Waals surface area contributed by atoms with Gasteiger partial charge in [-0.15, -0.1) is 12.4 Å². The average Bonchev–Trinajstić information content (AvgIpc) is 2.59. The number of anilines is 1. The second-order valence-electron chi connectivity index (χ2n) is 5.96. The van der Waals surface area contributed by atoms with Crippen LogP contribution in [0.25, 0.3) is 0 Å². The number of benzene rings is 1. The maximum absolute atomic E-state index is 12.9. The van der Waals surface area contributed by atoms with Crippen molar-refractivity contribution in [3.05, 3.63) is 28.7 Å². The summed E-state index contributed by atoms with van der Waals surface area (Å²) in [6.07, 6.45) is 4.04. The van der Waals surface area contributed by atoms with E-state index in [9.17, 15) is 4.79 Å². The molecule has 1 saturated heterocycles. The zero-order valence-electron chi connectivity index (χ0n) is 14.3. The monoisotopic (exact) mass is 418 g/mol. The fourth-order valence-electron chi connectivity index (χ4n) is 2.78. The molecule has 1 aliphatic rings. The summed E-state index contributed by atoms with van der Waals surface area (Å²) in [5, 5.41) is 3.32. The van der Waals surface area contributed by atoms with E-state index < -0.39 is 0 Å². The van der Waals surface area contributed by atoms with Gasteiger partial charge >= 0.3 is 0 Å². The summed E-state index contributed by atoms with van der Waals surface area (Å²) in [6.45, 7) is 5.99. The van der Waals surface area contributed by atoms with Crippen molar-refractivity contribution in [2.75, 3.05) is 37.7 Å². The van der Waals surface area contributed by atoms with Gasteiger partial charge in [0.2, 0.25) is 5.91 Å². The van der Waals surface area contributed by atoms with Crippen molar-refractivity contribution >= 4 is 39.9 Å². The Balaban J connectivity index is 0.00000288. The minimum atomic E-state index is 0.